The quantitative estimate of drug-likeness (QED) is 0.817. The van der Waals surface area contributed by atoms with Crippen LogP contribution in [0.15, 0.2) is 43.0 Å². The zero-order valence-electron chi connectivity index (χ0n) is 9.38. The number of halogens is 1. The van der Waals surface area contributed by atoms with Crippen molar-refractivity contribution >= 4 is 12.4 Å². The highest BCUT2D eigenvalue weighted by Gasteiger charge is 2.30. The molecule has 1 aliphatic heterocycles. The number of rotatable bonds is 3. The third-order valence-electron chi connectivity index (χ3n) is 3.06. The standard InChI is InChI=1S/C13H18N2.ClH/c1-2-8-15-9-12(13(14)10-15)11-6-4-3-5-7-11;/h2-7,12-13H,1,8-10,14H2;1H/t12-,13+;/m0./s1. The second-order valence-electron chi connectivity index (χ2n) is 4.19. The van der Waals surface area contributed by atoms with Gasteiger partial charge < -0.3 is 5.73 Å². The minimum Gasteiger partial charge on any atom is -0.326 e. The van der Waals surface area contributed by atoms with Crippen molar-refractivity contribution < 1.29 is 0 Å². The van der Waals surface area contributed by atoms with Gasteiger partial charge in [0.2, 0.25) is 0 Å². The van der Waals surface area contributed by atoms with Crippen LogP contribution in [0.25, 0.3) is 0 Å². The molecule has 0 bridgehead atoms. The van der Waals surface area contributed by atoms with E-state index in [2.05, 4.69) is 35.7 Å². The smallest absolute Gasteiger partial charge is 0.0250 e. The van der Waals surface area contributed by atoms with E-state index >= 15 is 0 Å². The van der Waals surface area contributed by atoms with E-state index in [-0.39, 0.29) is 18.4 Å². The minimum absolute atomic E-state index is 0. The van der Waals surface area contributed by atoms with E-state index in [0.29, 0.717) is 5.92 Å². The first-order chi connectivity index (χ1) is 7.31. The van der Waals surface area contributed by atoms with Crippen LogP contribution in [0, 0.1) is 0 Å². The molecule has 0 radical (unpaired) electrons. The van der Waals surface area contributed by atoms with Crippen LogP contribution in [0.3, 0.4) is 0 Å². The van der Waals surface area contributed by atoms with Crippen molar-refractivity contribution in [2.45, 2.75) is 12.0 Å². The van der Waals surface area contributed by atoms with Gasteiger partial charge in [0, 0.05) is 31.6 Å². The molecule has 2 atom stereocenters. The monoisotopic (exact) mass is 238 g/mol. The first-order valence-corrected chi connectivity index (χ1v) is 5.45. The summed E-state index contributed by atoms with van der Waals surface area (Å²) in [6.45, 7) is 6.74. The van der Waals surface area contributed by atoms with Crippen molar-refractivity contribution in [3.05, 3.63) is 48.6 Å². The molecule has 88 valence electrons. The lowest BCUT2D eigenvalue weighted by atomic mass is 9.95. The molecule has 2 rings (SSSR count). The van der Waals surface area contributed by atoms with E-state index in [1.807, 2.05) is 12.1 Å². The predicted molar refractivity (Wildman–Crippen MR) is 71.0 cm³/mol. The molecule has 2 N–H and O–H groups in total. The molecule has 0 spiro atoms. The third kappa shape index (κ3) is 2.85. The van der Waals surface area contributed by atoms with Crippen LogP contribution in [0.2, 0.25) is 0 Å². The van der Waals surface area contributed by atoms with Gasteiger partial charge in [-0.3, -0.25) is 4.90 Å². The van der Waals surface area contributed by atoms with Crippen molar-refractivity contribution in [2.75, 3.05) is 19.6 Å². The Morgan fingerprint density at radius 1 is 1.31 bits per heavy atom. The summed E-state index contributed by atoms with van der Waals surface area (Å²) in [5, 5.41) is 0. The van der Waals surface area contributed by atoms with E-state index in [1.54, 1.807) is 0 Å². The Morgan fingerprint density at radius 3 is 2.62 bits per heavy atom. The number of nitrogens with zero attached hydrogens (tertiary/aromatic N) is 1. The summed E-state index contributed by atoms with van der Waals surface area (Å²) in [4.78, 5) is 2.36. The Balaban J connectivity index is 0.00000128. The van der Waals surface area contributed by atoms with Crippen LogP contribution in [-0.4, -0.2) is 30.6 Å². The number of benzene rings is 1. The molecule has 2 nitrogen and oxygen atoms in total. The molecule has 1 aromatic carbocycles. The van der Waals surface area contributed by atoms with Crippen LogP contribution >= 0.6 is 12.4 Å². The first kappa shape index (κ1) is 13.2. The summed E-state index contributed by atoms with van der Waals surface area (Å²) in [5.41, 5.74) is 7.51. The Hall–Kier alpha value is -0.830. The maximum atomic E-state index is 6.16. The van der Waals surface area contributed by atoms with Gasteiger partial charge in [0.15, 0.2) is 0 Å². The summed E-state index contributed by atoms with van der Waals surface area (Å²) in [6.07, 6.45) is 1.94. The molecule has 16 heavy (non-hydrogen) atoms. The minimum atomic E-state index is 0. The molecule has 0 amide bonds. The molecule has 0 saturated carbocycles. The van der Waals surface area contributed by atoms with Crippen molar-refractivity contribution in [3.63, 3.8) is 0 Å². The average Bonchev–Trinajstić information content (AvgIpc) is 2.61. The van der Waals surface area contributed by atoms with Crippen molar-refractivity contribution in [2.24, 2.45) is 5.73 Å². The molecular weight excluding hydrogens is 220 g/mol. The fraction of sp³-hybridized carbons (Fsp3) is 0.385. The molecule has 0 aliphatic carbocycles. The van der Waals surface area contributed by atoms with Crippen LogP contribution in [0.1, 0.15) is 11.5 Å². The molecule has 0 aromatic heterocycles. The zero-order chi connectivity index (χ0) is 10.7. The molecule has 1 heterocycles. The van der Waals surface area contributed by atoms with E-state index < -0.39 is 0 Å². The largest absolute Gasteiger partial charge is 0.326 e. The first-order valence-electron chi connectivity index (χ1n) is 5.45. The van der Waals surface area contributed by atoms with E-state index in [4.69, 9.17) is 5.73 Å². The Morgan fingerprint density at radius 2 is 2.00 bits per heavy atom. The van der Waals surface area contributed by atoms with Gasteiger partial charge in [0.05, 0.1) is 0 Å². The van der Waals surface area contributed by atoms with Gasteiger partial charge in [-0.2, -0.15) is 0 Å². The molecule has 1 saturated heterocycles. The van der Waals surface area contributed by atoms with Crippen LogP contribution < -0.4 is 5.73 Å². The number of nitrogens with two attached hydrogens (primary N) is 1. The van der Waals surface area contributed by atoms with Crippen molar-refractivity contribution in [1.82, 2.24) is 4.90 Å². The van der Waals surface area contributed by atoms with Gasteiger partial charge in [-0.25, -0.2) is 0 Å². The Bertz CT molecular complexity index is 326. The third-order valence-corrected chi connectivity index (χ3v) is 3.06. The van der Waals surface area contributed by atoms with Crippen molar-refractivity contribution in [3.8, 4) is 0 Å². The lowest BCUT2D eigenvalue weighted by Gasteiger charge is -2.14. The summed E-state index contributed by atoms with van der Waals surface area (Å²) < 4.78 is 0. The SMILES string of the molecule is C=CCN1C[C@@H](N)[C@H](c2ccccc2)C1.Cl. The fourth-order valence-corrected chi connectivity index (χ4v) is 2.30. The second-order valence-corrected chi connectivity index (χ2v) is 4.19. The lowest BCUT2D eigenvalue weighted by molar-refractivity contribution is 0.368. The van der Waals surface area contributed by atoms with Gasteiger partial charge in [0.1, 0.15) is 0 Å². The number of hydrogen-bond donors (Lipinski definition) is 1. The van der Waals surface area contributed by atoms with Gasteiger partial charge in [-0.05, 0) is 5.56 Å². The van der Waals surface area contributed by atoms with E-state index in [9.17, 15) is 0 Å². The van der Waals surface area contributed by atoms with E-state index in [1.165, 1.54) is 5.56 Å². The maximum absolute atomic E-state index is 6.16. The lowest BCUT2D eigenvalue weighted by Crippen LogP contribution is -2.28. The van der Waals surface area contributed by atoms with Crippen LogP contribution in [-0.2, 0) is 0 Å². The molecule has 1 aromatic rings. The van der Waals surface area contributed by atoms with E-state index in [0.717, 1.165) is 19.6 Å². The molecule has 1 aliphatic rings. The summed E-state index contributed by atoms with van der Waals surface area (Å²) >= 11 is 0. The average molecular weight is 239 g/mol. The molecular formula is C13H19ClN2. The highest BCUT2D eigenvalue weighted by molar-refractivity contribution is 5.85. The van der Waals surface area contributed by atoms with Crippen molar-refractivity contribution in [1.29, 1.82) is 0 Å². The Labute approximate surface area is 104 Å². The zero-order valence-corrected chi connectivity index (χ0v) is 10.2. The number of hydrogen-bond acceptors (Lipinski definition) is 2. The van der Waals surface area contributed by atoms with Gasteiger partial charge in [-0.1, -0.05) is 36.4 Å². The molecule has 3 heteroatoms. The molecule has 0 unspecified atom stereocenters. The van der Waals surface area contributed by atoms with Crippen LogP contribution in [0.4, 0.5) is 0 Å². The van der Waals surface area contributed by atoms with Gasteiger partial charge in [-0.15, -0.1) is 19.0 Å². The van der Waals surface area contributed by atoms with Crippen LogP contribution in [0.5, 0.6) is 0 Å². The Kier molecular flexibility index (Phi) is 5.00. The normalized spacial score (nSPS) is 25.1. The summed E-state index contributed by atoms with van der Waals surface area (Å²) in [6, 6.07) is 10.8. The second kappa shape index (κ2) is 6.04. The molecule has 1 fully saturated rings. The highest BCUT2D eigenvalue weighted by Crippen LogP contribution is 2.25. The topological polar surface area (TPSA) is 29.3 Å². The summed E-state index contributed by atoms with van der Waals surface area (Å²) in [5.74, 6) is 0.478. The number of likely N-dealkylation sites (tertiary alicyclic amines) is 1. The summed E-state index contributed by atoms with van der Waals surface area (Å²) in [7, 11) is 0. The van der Waals surface area contributed by atoms with Gasteiger partial charge >= 0.3 is 0 Å². The highest BCUT2D eigenvalue weighted by atomic mass is 35.5. The predicted octanol–water partition coefficient (Wildman–Crippen LogP) is 2.02. The van der Waals surface area contributed by atoms with Gasteiger partial charge in [0.25, 0.3) is 0 Å². The fourth-order valence-electron chi connectivity index (χ4n) is 2.30. The maximum Gasteiger partial charge on any atom is 0.0250 e.